The van der Waals surface area contributed by atoms with Crippen LogP contribution in [0.3, 0.4) is 0 Å². The van der Waals surface area contributed by atoms with E-state index in [-0.39, 0.29) is 6.54 Å². The van der Waals surface area contributed by atoms with Gasteiger partial charge in [-0.3, -0.25) is 0 Å². The molecule has 0 aromatic heterocycles. The van der Waals surface area contributed by atoms with Gasteiger partial charge in [-0.05, 0) is 35.9 Å². The van der Waals surface area contributed by atoms with Gasteiger partial charge in [0.2, 0.25) is 0 Å². The minimum absolute atomic E-state index is 0.239. The predicted molar refractivity (Wildman–Crippen MR) is 71.4 cm³/mol. The molecule has 2 aromatic carbocycles. The van der Waals surface area contributed by atoms with E-state index in [1.165, 1.54) is 43.5 Å². The summed E-state index contributed by atoms with van der Waals surface area (Å²) in [5, 5.41) is 12.0. The van der Waals surface area contributed by atoms with Crippen LogP contribution in [0.2, 0.25) is 0 Å². The Morgan fingerprint density at radius 2 is 1.85 bits per heavy atom. The molecule has 0 unspecified atom stereocenters. The van der Waals surface area contributed by atoms with Gasteiger partial charge in [0.1, 0.15) is 17.4 Å². The SMILES string of the molecule is COc1cc(F)ccc1NCc1cc(F)ccc1C#N. The first kappa shape index (κ1) is 13.8. The molecule has 5 heteroatoms. The maximum atomic E-state index is 13.2. The Kier molecular flexibility index (Phi) is 4.16. The van der Waals surface area contributed by atoms with Crippen LogP contribution in [-0.2, 0) is 6.54 Å². The highest BCUT2D eigenvalue weighted by atomic mass is 19.1. The molecule has 20 heavy (non-hydrogen) atoms. The molecule has 0 heterocycles. The van der Waals surface area contributed by atoms with Crippen molar-refractivity contribution in [2.75, 3.05) is 12.4 Å². The molecule has 102 valence electrons. The van der Waals surface area contributed by atoms with Gasteiger partial charge < -0.3 is 10.1 Å². The van der Waals surface area contributed by atoms with Gasteiger partial charge in [0.05, 0.1) is 24.4 Å². The number of nitriles is 1. The molecule has 0 bridgehead atoms. The van der Waals surface area contributed by atoms with E-state index in [0.29, 0.717) is 22.6 Å². The first-order valence-electron chi connectivity index (χ1n) is 5.90. The Bertz CT molecular complexity index is 665. The number of methoxy groups -OCH3 is 1. The van der Waals surface area contributed by atoms with Crippen LogP contribution in [0.25, 0.3) is 0 Å². The van der Waals surface area contributed by atoms with Crippen LogP contribution in [0.15, 0.2) is 36.4 Å². The van der Waals surface area contributed by atoms with Crippen LogP contribution in [0.4, 0.5) is 14.5 Å². The zero-order valence-electron chi connectivity index (χ0n) is 10.8. The van der Waals surface area contributed by atoms with Crippen molar-refractivity contribution in [3.05, 3.63) is 59.2 Å². The van der Waals surface area contributed by atoms with Gasteiger partial charge in [0, 0.05) is 12.6 Å². The fourth-order valence-electron chi connectivity index (χ4n) is 1.82. The molecule has 0 saturated heterocycles. The number of benzene rings is 2. The maximum absolute atomic E-state index is 13.2. The second-order valence-electron chi connectivity index (χ2n) is 4.11. The van der Waals surface area contributed by atoms with E-state index < -0.39 is 11.6 Å². The third-order valence-corrected chi connectivity index (χ3v) is 2.82. The minimum Gasteiger partial charge on any atom is -0.494 e. The van der Waals surface area contributed by atoms with Crippen molar-refractivity contribution in [3.63, 3.8) is 0 Å². The highest BCUT2D eigenvalue weighted by molar-refractivity contribution is 5.57. The van der Waals surface area contributed by atoms with Crippen LogP contribution in [0, 0.1) is 23.0 Å². The number of hydrogen-bond acceptors (Lipinski definition) is 3. The smallest absolute Gasteiger partial charge is 0.144 e. The Hall–Kier alpha value is -2.61. The fraction of sp³-hybridized carbons (Fsp3) is 0.133. The van der Waals surface area contributed by atoms with Crippen molar-refractivity contribution < 1.29 is 13.5 Å². The van der Waals surface area contributed by atoms with E-state index in [4.69, 9.17) is 10.00 Å². The largest absolute Gasteiger partial charge is 0.494 e. The van der Waals surface area contributed by atoms with Crippen LogP contribution >= 0.6 is 0 Å². The van der Waals surface area contributed by atoms with Gasteiger partial charge in [-0.1, -0.05) is 0 Å². The fourth-order valence-corrected chi connectivity index (χ4v) is 1.82. The summed E-state index contributed by atoms with van der Waals surface area (Å²) in [4.78, 5) is 0. The lowest BCUT2D eigenvalue weighted by molar-refractivity contribution is 0.413. The quantitative estimate of drug-likeness (QED) is 0.928. The number of anilines is 1. The summed E-state index contributed by atoms with van der Waals surface area (Å²) in [6, 6.07) is 10.0. The number of rotatable bonds is 4. The maximum Gasteiger partial charge on any atom is 0.144 e. The summed E-state index contributed by atoms with van der Waals surface area (Å²) in [6.07, 6.45) is 0. The Morgan fingerprint density at radius 1 is 1.15 bits per heavy atom. The van der Waals surface area contributed by atoms with Crippen LogP contribution in [0.1, 0.15) is 11.1 Å². The molecule has 2 rings (SSSR count). The third kappa shape index (κ3) is 3.04. The van der Waals surface area contributed by atoms with Gasteiger partial charge in [0.25, 0.3) is 0 Å². The van der Waals surface area contributed by atoms with Crippen LogP contribution < -0.4 is 10.1 Å². The van der Waals surface area contributed by atoms with E-state index in [9.17, 15) is 8.78 Å². The topological polar surface area (TPSA) is 45.0 Å². The molecular formula is C15H12F2N2O. The number of nitrogens with zero attached hydrogens (tertiary/aromatic N) is 1. The lowest BCUT2D eigenvalue weighted by atomic mass is 10.1. The van der Waals surface area contributed by atoms with Gasteiger partial charge in [-0.2, -0.15) is 5.26 Å². The Balaban J connectivity index is 2.21. The predicted octanol–water partition coefficient (Wildman–Crippen LogP) is 3.46. The molecule has 0 saturated carbocycles. The number of hydrogen-bond donors (Lipinski definition) is 1. The summed E-state index contributed by atoms with van der Waals surface area (Å²) in [7, 11) is 1.43. The summed E-state index contributed by atoms with van der Waals surface area (Å²) in [5.74, 6) is -0.470. The van der Waals surface area contributed by atoms with Crippen LogP contribution in [0.5, 0.6) is 5.75 Å². The van der Waals surface area contributed by atoms with Crippen molar-refractivity contribution >= 4 is 5.69 Å². The number of ether oxygens (including phenoxy) is 1. The first-order valence-corrected chi connectivity index (χ1v) is 5.90. The van der Waals surface area contributed by atoms with Crippen molar-refractivity contribution in [1.29, 1.82) is 5.26 Å². The molecule has 0 aliphatic carbocycles. The molecule has 1 N–H and O–H groups in total. The zero-order valence-corrected chi connectivity index (χ0v) is 10.8. The molecule has 0 aliphatic rings. The van der Waals surface area contributed by atoms with Crippen molar-refractivity contribution in [3.8, 4) is 11.8 Å². The average molecular weight is 274 g/mol. The third-order valence-electron chi connectivity index (χ3n) is 2.82. The second kappa shape index (κ2) is 6.02. The molecule has 0 atom stereocenters. The average Bonchev–Trinajstić information content (AvgIpc) is 2.46. The van der Waals surface area contributed by atoms with Gasteiger partial charge in [-0.15, -0.1) is 0 Å². The minimum atomic E-state index is -0.410. The summed E-state index contributed by atoms with van der Waals surface area (Å²) < 4.78 is 31.3. The van der Waals surface area contributed by atoms with E-state index in [0.717, 1.165) is 0 Å². The highest BCUT2D eigenvalue weighted by Gasteiger charge is 2.07. The normalized spacial score (nSPS) is 9.90. The molecule has 0 amide bonds. The standard InChI is InChI=1S/C15H12F2N2O/c1-20-15-7-13(17)4-5-14(15)19-9-11-6-12(16)3-2-10(11)8-18/h2-7,19H,9H2,1H3. The summed E-state index contributed by atoms with van der Waals surface area (Å²) in [6.45, 7) is 0.239. The van der Waals surface area contributed by atoms with Crippen molar-refractivity contribution in [1.82, 2.24) is 0 Å². The number of nitrogens with one attached hydrogen (secondary N) is 1. The van der Waals surface area contributed by atoms with Crippen LogP contribution in [-0.4, -0.2) is 7.11 Å². The van der Waals surface area contributed by atoms with E-state index >= 15 is 0 Å². The molecule has 3 nitrogen and oxygen atoms in total. The van der Waals surface area contributed by atoms with Crippen molar-refractivity contribution in [2.45, 2.75) is 6.54 Å². The second-order valence-corrected chi connectivity index (χ2v) is 4.11. The first-order chi connectivity index (χ1) is 9.63. The van der Waals surface area contributed by atoms with E-state index in [1.807, 2.05) is 6.07 Å². The molecule has 2 aromatic rings. The molecular weight excluding hydrogens is 262 g/mol. The highest BCUT2D eigenvalue weighted by Crippen LogP contribution is 2.25. The monoisotopic (exact) mass is 274 g/mol. The lowest BCUT2D eigenvalue weighted by Crippen LogP contribution is -2.04. The molecule has 0 aliphatic heterocycles. The summed E-state index contributed by atoms with van der Waals surface area (Å²) in [5.41, 5.74) is 1.49. The van der Waals surface area contributed by atoms with Gasteiger partial charge in [-0.25, -0.2) is 8.78 Å². The Morgan fingerprint density at radius 3 is 2.55 bits per heavy atom. The molecule has 0 radical (unpaired) electrons. The van der Waals surface area contributed by atoms with Gasteiger partial charge in [0.15, 0.2) is 0 Å². The van der Waals surface area contributed by atoms with E-state index in [2.05, 4.69) is 5.32 Å². The Labute approximate surface area is 115 Å². The number of halogens is 2. The molecule has 0 fully saturated rings. The van der Waals surface area contributed by atoms with Gasteiger partial charge >= 0.3 is 0 Å². The molecule has 0 spiro atoms. The van der Waals surface area contributed by atoms with E-state index in [1.54, 1.807) is 0 Å². The van der Waals surface area contributed by atoms with Crippen molar-refractivity contribution in [2.24, 2.45) is 0 Å². The summed E-state index contributed by atoms with van der Waals surface area (Å²) >= 11 is 0. The zero-order chi connectivity index (χ0) is 14.5. The lowest BCUT2D eigenvalue weighted by Gasteiger charge is -2.12.